The predicted octanol–water partition coefficient (Wildman–Crippen LogP) is 1.07. The quantitative estimate of drug-likeness (QED) is 0.616. The molecule has 0 aliphatic carbocycles. The molecule has 2 aromatic heterocycles. The summed E-state index contributed by atoms with van der Waals surface area (Å²) >= 11 is 0. The first-order valence-corrected chi connectivity index (χ1v) is 8.32. The molecule has 0 saturated heterocycles. The Morgan fingerprint density at radius 3 is 2.42 bits per heavy atom. The predicted molar refractivity (Wildman–Crippen MR) is 97.8 cm³/mol. The Kier molecular flexibility index (Phi) is 4.94. The van der Waals surface area contributed by atoms with Crippen molar-refractivity contribution in [1.82, 2.24) is 18.7 Å². The van der Waals surface area contributed by atoms with E-state index >= 15 is 0 Å². The van der Waals surface area contributed by atoms with E-state index in [1.54, 1.807) is 18.7 Å². The second kappa shape index (κ2) is 7.17. The molecular formula is C18H22N4O4. The van der Waals surface area contributed by atoms with Gasteiger partial charge >= 0.3 is 5.69 Å². The van der Waals surface area contributed by atoms with Crippen molar-refractivity contribution >= 4 is 11.2 Å². The maximum absolute atomic E-state index is 12.8. The van der Waals surface area contributed by atoms with E-state index in [1.807, 2.05) is 37.3 Å². The van der Waals surface area contributed by atoms with Crippen LogP contribution in [0.5, 0.6) is 6.01 Å². The number of fused-ring (bicyclic) bond motifs is 1. The highest BCUT2D eigenvalue weighted by atomic mass is 16.5. The lowest BCUT2D eigenvalue weighted by Crippen LogP contribution is -2.37. The van der Waals surface area contributed by atoms with E-state index in [2.05, 4.69) is 4.98 Å². The maximum atomic E-state index is 12.8. The summed E-state index contributed by atoms with van der Waals surface area (Å²) in [4.78, 5) is 29.5. The zero-order chi connectivity index (χ0) is 18.8. The smallest absolute Gasteiger partial charge is 0.332 e. The highest BCUT2D eigenvalue weighted by molar-refractivity contribution is 5.72. The van der Waals surface area contributed by atoms with Crippen LogP contribution in [0.25, 0.3) is 11.2 Å². The molecular weight excluding hydrogens is 336 g/mol. The van der Waals surface area contributed by atoms with Crippen molar-refractivity contribution in [2.45, 2.75) is 13.0 Å². The number of hydrogen-bond donors (Lipinski definition) is 0. The fourth-order valence-electron chi connectivity index (χ4n) is 2.95. The zero-order valence-corrected chi connectivity index (χ0v) is 15.3. The van der Waals surface area contributed by atoms with Crippen molar-refractivity contribution in [2.24, 2.45) is 14.1 Å². The lowest BCUT2D eigenvalue weighted by Gasteiger charge is -2.17. The summed E-state index contributed by atoms with van der Waals surface area (Å²) in [5, 5.41) is 0. The second-order valence-corrected chi connectivity index (χ2v) is 6.07. The number of benzene rings is 1. The Morgan fingerprint density at radius 2 is 1.77 bits per heavy atom. The van der Waals surface area contributed by atoms with E-state index in [9.17, 15) is 9.59 Å². The minimum atomic E-state index is -0.428. The van der Waals surface area contributed by atoms with Crippen LogP contribution in [0.4, 0.5) is 0 Å². The van der Waals surface area contributed by atoms with Gasteiger partial charge in [-0.1, -0.05) is 30.3 Å². The van der Waals surface area contributed by atoms with E-state index in [0.29, 0.717) is 17.8 Å². The van der Waals surface area contributed by atoms with Crippen molar-refractivity contribution in [3.05, 3.63) is 56.7 Å². The number of ether oxygens (including phenoxy) is 2. The van der Waals surface area contributed by atoms with Crippen LogP contribution >= 0.6 is 0 Å². The molecule has 0 amide bonds. The molecule has 0 fully saturated rings. The van der Waals surface area contributed by atoms with Gasteiger partial charge in [-0.25, -0.2) is 4.79 Å². The van der Waals surface area contributed by atoms with E-state index in [1.165, 1.54) is 11.6 Å². The number of aromatic nitrogens is 4. The van der Waals surface area contributed by atoms with Crippen LogP contribution < -0.4 is 16.0 Å². The fourth-order valence-corrected chi connectivity index (χ4v) is 2.95. The van der Waals surface area contributed by atoms with Crippen molar-refractivity contribution in [2.75, 3.05) is 20.3 Å². The number of imidazole rings is 1. The SMILES string of the molecule is COCCOc1nc2c(c(=O)n(C)c(=O)n2C)n1[C@@H](C)c1ccccc1. The molecule has 1 aromatic carbocycles. The first kappa shape index (κ1) is 17.9. The molecule has 8 nitrogen and oxygen atoms in total. The van der Waals surface area contributed by atoms with Gasteiger partial charge in [-0.15, -0.1) is 0 Å². The summed E-state index contributed by atoms with van der Waals surface area (Å²) in [7, 11) is 4.63. The Labute approximate surface area is 150 Å². The van der Waals surface area contributed by atoms with Gasteiger partial charge in [0.25, 0.3) is 11.6 Å². The lowest BCUT2D eigenvalue weighted by molar-refractivity contribution is 0.138. The molecule has 2 heterocycles. The molecule has 0 saturated carbocycles. The molecule has 0 bridgehead atoms. The molecule has 0 aliphatic heterocycles. The van der Waals surface area contributed by atoms with E-state index in [-0.39, 0.29) is 18.7 Å². The molecule has 0 spiro atoms. The van der Waals surface area contributed by atoms with Crippen molar-refractivity contribution < 1.29 is 9.47 Å². The molecule has 0 unspecified atom stereocenters. The van der Waals surface area contributed by atoms with Gasteiger partial charge < -0.3 is 9.47 Å². The summed E-state index contributed by atoms with van der Waals surface area (Å²) < 4.78 is 15.0. The number of methoxy groups -OCH3 is 1. The standard InChI is InChI=1S/C18H22N4O4/c1-12(13-8-6-5-7-9-13)22-14-15(19-17(22)26-11-10-25-4)20(2)18(24)21(3)16(14)23/h5-9,12H,10-11H2,1-4H3/t12-/m0/s1. The first-order chi connectivity index (χ1) is 12.5. The molecule has 26 heavy (non-hydrogen) atoms. The van der Waals surface area contributed by atoms with Crippen LogP contribution in [0.2, 0.25) is 0 Å². The molecule has 0 radical (unpaired) electrons. The third kappa shape index (κ3) is 2.92. The number of hydrogen-bond acceptors (Lipinski definition) is 5. The van der Waals surface area contributed by atoms with E-state index < -0.39 is 11.2 Å². The van der Waals surface area contributed by atoms with Crippen molar-refractivity contribution in [3.63, 3.8) is 0 Å². The Hall–Kier alpha value is -2.87. The number of aryl methyl sites for hydroxylation is 1. The molecule has 0 aliphatic rings. The normalized spacial score (nSPS) is 12.5. The summed E-state index contributed by atoms with van der Waals surface area (Å²) in [6.07, 6.45) is 0. The first-order valence-electron chi connectivity index (χ1n) is 8.32. The third-order valence-corrected chi connectivity index (χ3v) is 4.45. The van der Waals surface area contributed by atoms with Crippen LogP contribution in [-0.4, -0.2) is 39.0 Å². The van der Waals surface area contributed by atoms with Gasteiger partial charge in [-0.05, 0) is 12.5 Å². The Bertz CT molecular complexity index is 1030. The summed E-state index contributed by atoms with van der Waals surface area (Å²) in [5.74, 6) is 0. The van der Waals surface area contributed by atoms with Crippen LogP contribution in [0, 0.1) is 0 Å². The highest BCUT2D eigenvalue weighted by Crippen LogP contribution is 2.27. The average Bonchev–Trinajstić information content (AvgIpc) is 3.04. The largest absolute Gasteiger partial charge is 0.462 e. The molecule has 8 heteroatoms. The number of nitrogens with zero attached hydrogens (tertiary/aromatic N) is 4. The molecule has 138 valence electrons. The third-order valence-electron chi connectivity index (χ3n) is 4.45. The van der Waals surface area contributed by atoms with Gasteiger partial charge in [0, 0.05) is 21.2 Å². The average molecular weight is 358 g/mol. The topological polar surface area (TPSA) is 80.3 Å². The minimum Gasteiger partial charge on any atom is -0.462 e. The molecule has 1 atom stereocenters. The van der Waals surface area contributed by atoms with Crippen LogP contribution in [0.1, 0.15) is 18.5 Å². The summed E-state index contributed by atoms with van der Waals surface area (Å²) in [6, 6.07) is 9.83. The number of rotatable bonds is 6. The summed E-state index contributed by atoms with van der Waals surface area (Å²) in [6.45, 7) is 2.64. The zero-order valence-electron chi connectivity index (χ0n) is 15.3. The fraction of sp³-hybridized carbons (Fsp3) is 0.389. The monoisotopic (exact) mass is 358 g/mol. The Morgan fingerprint density at radius 1 is 1.08 bits per heavy atom. The second-order valence-electron chi connectivity index (χ2n) is 6.07. The Balaban J connectivity index is 2.28. The lowest BCUT2D eigenvalue weighted by atomic mass is 10.1. The van der Waals surface area contributed by atoms with Gasteiger partial charge in [-0.2, -0.15) is 4.98 Å². The summed E-state index contributed by atoms with van der Waals surface area (Å²) in [5.41, 5.74) is 0.800. The molecule has 3 rings (SSSR count). The van der Waals surface area contributed by atoms with Crippen molar-refractivity contribution in [3.8, 4) is 6.01 Å². The van der Waals surface area contributed by atoms with Gasteiger partial charge in [0.2, 0.25) is 0 Å². The highest BCUT2D eigenvalue weighted by Gasteiger charge is 2.24. The van der Waals surface area contributed by atoms with Gasteiger partial charge in [0.05, 0.1) is 12.6 Å². The van der Waals surface area contributed by atoms with Crippen LogP contribution in [0.3, 0.4) is 0 Å². The molecule has 0 N–H and O–H groups in total. The van der Waals surface area contributed by atoms with Gasteiger partial charge in [0.1, 0.15) is 6.61 Å². The van der Waals surface area contributed by atoms with Gasteiger partial charge in [-0.3, -0.25) is 18.5 Å². The maximum Gasteiger partial charge on any atom is 0.332 e. The van der Waals surface area contributed by atoms with E-state index in [0.717, 1.165) is 10.1 Å². The minimum absolute atomic E-state index is 0.205. The van der Waals surface area contributed by atoms with Gasteiger partial charge in [0.15, 0.2) is 11.2 Å². The van der Waals surface area contributed by atoms with Crippen LogP contribution in [-0.2, 0) is 18.8 Å². The van der Waals surface area contributed by atoms with Crippen LogP contribution in [0.15, 0.2) is 39.9 Å². The van der Waals surface area contributed by atoms with Crippen molar-refractivity contribution in [1.29, 1.82) is 0 Å². The molecule has 3 aromatic rings. The van der Waals surface area contributed by atoms with E-state index in [4.69, 9.17) is 9.47 Å².